The highest BCUT2D eigenvalue weighted by Gasteiger charge is 2.09. The molecule has 5 nitrogen and oxygen atoms in total. The van der Waals surface area contributed by atoms with Crippen LogP contribution in [0.25, 0.3) is 0 Å². The highest BCUT2D eigenvalue weighted by atomic mass is 79.9. The normalized spacial score (nSPS) is 11.3. The molecule has 0 aliphatic heterocycles. The summed E-state index contributed by atoms with van der Waals surface area (Å²) in [7, 11) is -3.17. The molecular weight excluding hydrogens is 356 g/mol. The van der Waals surface area contributed by atoms with Gasteiger partial charge in [0.05, 0.1) is 11.8 Å². The number of carbonyl (C=O) groups excluding carboxylic acids is 1. The van der Waals surface area contributed by atoms with E-state index in [0.717, 1.165) is 6.26 Å². The maximum Gasteiger partial charge on any atom is 0.252 e. The number of carbonyl (C=O) groups is 1. The minimum absolute atomic E-state index is 0.233. The standard InChI is InChI=1S/C11H14BrClN2O3S/c1-19(17,18)15-6-2-5-14-11(16)9-4-3-8(13)7-10(9)12/h3-4,7,15H,2,5-6H2,1H3,(H,14,16). The Kier molecular flexibility index (Phi) is 6.25. The van der Waals surface area contributed by atoms with Gasteiger partial charge in [0.1, 0.15) is 0 Å². The molecule has 0 aliphatic rings. The van der Waals surface area contributed by atoms with E-state index in [4.69, 9.17) is 11.6 Å². The zero-order valence-corrected chi connectivity index (χ0v) is 13.4. The van der Waals surface area contributed by atoms with Crippen molar-refractivity contribution in [1.82, 2.24) is 10.0 Å². The molecule has 0 atom stereocenters. The first-order chi connectivity index (χ1) is 8.79. The molecular formula is C11H14BrClN2O3S. The number of amides is 1. The minimum atomic E-state index is -3.17. The van der Waals surface area contributed by atoms with E-state index in [1.807, 2.05) is 0 Å². The van der Waals surface area contributed by atoms with Crippen molar-refractivity contribution < 1.29 is 13.2 Å². The monoisotopic (exact) mass is 368 g/mol. The first-order valence-corrected chi connectivity index (χ1v) is 8.54. The molecule has 1 aromatic rings. The number of halogens is 2. The van der Waals surface area contributed by atoms with E-state index in [9.17, 15) is 13.2 Å². The zero-order chi connectivity index (χ0) is 14.5. The van der Waals surface area contributed by atoms with Gasteiger partial charge in [0.15, 0.2) is 0 Å². The van der Waals surface area contributed by atoms with Gasteiger partial charge in [-0.05, 0) is 40.5 Å². The van der Waals surface area contributed by atoms with Crippen LogP contribution in [0.3, 0.4) is 0 Å². The van der Waals surface area contributed by atoms with Crippen LogP contribution < -0.4 is 10.0 Å². The lowest BCUT2D eigenvalue weighted by Gasteiger charge is -2.07. The summed E-state index contributed by atoms with van der Waals surface area (Å²) in [6.07, 6.45) is 1.61. The van der Waals surface area contributed by atoms with Crippen molar-refractivity contribution in [2.75, 3.05) is 19.3 Å². The first-order valence-electron chi connectivity index (χ1n) is 5.47. The molecule has 106 valence electrons. The van der Waals surface area contributed by atoms with E-state index >= 15 is 0 Å². The molecule has 0 bridgehead atoms. The van der Waals surface area contributed by atoms with Gasteiger partial charge >= 0.3 is 0 Å². The van der Waals surface area contributed by atoms with Crippen molar-refractivity contribution >= 4 is 43.5 Å². The van der Waals surface area contributed by atoms with Gasteiger partial charge in [0, 0.05) is 22.6 Å². The molecule has 1 amide bonds. The smallest absolute Gasteiger partial charge is 0.252 e. The molecule has 0 spiro atoms. The molecule has 0 aromatic heterocycles. The average molecular weight is 370 g/mol. The van der Waals surface area contributed by atoms with Crippen molar-refractivity contribution in [1.29, 1.82) is 0 Å². The van der Waals surface area contributed by atoms with Gasteiger partial charge in [0.2, 0.25) is 10.0 Å². The fraction of sp³-hybridized carbons (Fsp3) is 0.364. The summed E-state index contributed by atoms with van der Waals surface area (Å²) in [6, 6.07) is 4.89. The molecule has 0 saturated carbocycles. The molecule has 2 N–H and O–H groups in total. The van der Waals surface area contributed by atoms with E-state index in [1.54, 1.807) is 18.2 Å². The van der Waals surface area contributed by atoms with Gasteiger partial charge in [-0.15, -0.1) is 0 Å². The van der Waals surface area contributed by atoms with Crippen LogP contribution in [0.2, 0.25) is 5.02 Å². The van der Waals surface area contributed by atoms with Gasteiger partial charge in [-0.3, -0.25) is 4.79 Å². The number of hydrogen-bond donors (Lipinski definition) is 2. The summed E-state index contributed by atoms with van der Waals surface area (Å²) < 4.78 is 24.6. The van der Waals surface area contributed by atoms with Gasteiger partial charge in [-0.2, -0.15) is 0 Å². The summed E-state index contributed by atoms with van der Waals surface area (Å²) in [4.78, 5) is 11.8. The maximum atomic E-state index is 11.8. The summed E-state index contributed by atoms with van der Waals surface area (Å²) in [6.45, 7) is 0.678. The highest BCUT2D eigenvalue weighted by Crippen LogP contribution is 2.21. The second-order valence-corrected chi connectivity index (χ2v) is 7.02. The summed E-state index contributed by atoms with van der Waals surface area (Å²) in [5, 5.41) is 3.24. The maximum absolute atomic E-state index is 11.8. The van der Waals surface area contributed by atoms with Crippen LogP contribution in [0.15, 0.2) is 22.7 Å². The first kappa shape index (κ1) is 16.4. The summed E-state index contributed by atoms with van der Waals surface area (Å²) in [5.74, 6) is -0.233. The van der Waals surface area contributed by atoms with Crippen molar-refractivity contribution in [3.8, 4) is 0 Å². The predicted octanol–water partition coefficient (Wildman–Crippen LogP) is 1.77. The van der Waals surface area contributed by atoms with Crippen molar-refractivity contribution in [2.45, 2.75) is 6.42 Å². The van der Waals surface area contributed by atoms with Crippen LogP contribution in [0.1, 0.15) is 16.8 Å². The molecule has 0 heterocycles. The molecule has 0 unspecified atom stereocenters. The highest BCUT2D eigenvalue weighted by molar-refractivity contribution is 9.10. The fourth-order valence-electron chi connectivity index (χ4n) is 1.32. The molecule has 0 radical (unpaired) electrons. The van der Waals surface area contributed by atoms with E-state index < -0.39 is 10.0 Å². The number of hydrogen-bond acceptors (Lipinski definition) is 3. The fourth-order valence-corrected chi connectivity index (χ4v) is 2.69. The Balaban J connectivity index is 2.39. The summed E-state index contributed by atoms with van der Waals surface area (Å²) >= 11 is 9.04. The van der Waals surface area contributed by atoms with Crippen LogP contribution in [0, 0.1) is 0 Å². The lowest BCUT2D eigenvalue weighted by molar-refractivity contribution is 0.0952. The van der Waals surface area contributed by atoms with Crippen molar-refractivity contribution in [2.24, 2.45) is 0 Å². The van der Waals surface area contributed by atoms with E-state index in [2.05, 4.69) is 26.0 Å². The number of benzene rings is 1. The third kappa shape index (κ3) is 6.38. The Morgan fingerprint density at radius 3 is 2.63 bits per heavy atom. The molecule has 0 saturated heterocycles. The van der Waals surface area contributed by atoms with Crippen LogP contribution in [0.5, 0.6) is 0 Å². The van der Waals surface area contributed by atoms with E-state index in [-0.39, 0.29) is 5.91 Å². The lowest BCUT2D eigenvalue weighted by Crippen LogP contribution is -2.29. The predicted molar refractivity (Wildman–Crippen MR) is 78.9 cm³/mol. The largest absolute Gasteiger partial charge is 0.352 e. The van der Waals surface area contributed by atoms with Gasteiger partial charge < -0.3 is 5.32 Å². The molecule has 19 heavy (non-hydrogen) atoms. The Labute approximate surface area is 125 Å². The van der Waals surface area contributed by atoms with Crippen LogP contribution in [-0.2, 0) is 10.0 Å². The summed E-state index contributed by atoms with van der Waals surface area (Å²) in [5.41, 5.74) is 0.487. The Hall–Kier alpha value is -0.630. The van der Waals surface area contributed by atoms with Crippen LogP contribution in [0.4, 0.5) is 0 Å². The minimum Gasteiger partial charge on any atom is -0.352 e. The van der Waals surface area contributed by atoms with E-state index in [0.29, 0.717) is 34.6 Å². The Morgan fingerprint density at radius 1 is 1.37 bits per heavy atom. The average Bonchev–Trinajstić information content (AvgIpc) is 2.26. The third-order valence-electron chi connectivity index (χ3n) is 2.18. The van der Waals surface area contributed by atoms with Crippen LogP contribution in [-0.4, -0.2) is 33.7 Å². The quantitative estimate of drug-likeness (QED) is 0.751. The Bertz CT molecular complexity index is 563. The van der Waals surface area contributed by atoms with Crippen LogP contribution >= 0.6 is 27.5 Å². The van der Waals surface area contributed by atoms with E-state index in [1.165, 1.54) is 0 Å². The molecule has 0 aliphatic carbocycles. The van der Waals surface area contributed by atoms with Gasteiger partial charge in [0.25, 0.3) is 5.91 Å². The topological polar surface area (TPSA) is 75.3 Å². The second-order valence-electron chi connectivity index (χ2n) is 3.90. The van der Waals surface area contributed by atoms with Crippen molar-refractivity contribution in [3.63, 3.8) is 0 Å². The molecule has 0 fully saturated rings. The molecule has 1 rings (SSSR count). The SMILES string of the molecule is CS(=O)(=O)NCCCNC(=O)c1ccc(Cl)cc1Br. The van der Waals surface area contributed by atoms with Gasteiger partial charge in [-0.1, -0.05) is 11.6 Å². The van der Waals surface area contributed by atoms with Crippen molar-refractivity contribution in [3.05, 3.63) is 33.3 Å². The third-order valence-corrected chi connectivity index (χ3v) is 3.80. The second kappa shape index (κ2) is 7.23. The number of nitrogens with one attached hydrogen (secondary N) is 2. The Morgan fingerprint density at radius 2 is 2.05 bits per heavy atom. The molecule has 8 heteroatoms. The zero-order valence-electron chi connectivity index (χ0n) is 10.2. The lowest BCUT2D eigenvalue weighted by atomic mass is 10.2. The van der Waals surface area contributed by atoms with Gasteiger partial charge in [-0.25, -0.2) is 13.1 Å². The number of sulfonamides is 1. The molecule has 1 aromatic carbocycles. The number of rotatable bonds is 6.